The Kier molecular flexibility index (Phi) is 3.70. The van der Waals surface area contributed by atoms with Gasteiger partial charge in [0.05, 0.1) is 11.8 Å². The molecule has 0 aliphatic carbocycles. The maximum atomic E-state index is 6.12. The molecule has 3 rings (SSSR count). The summed E-state index contributed by atoms with van der Waals surface area (Å²) in [5.41, 5.74) is 1.18. The Labute approximate surface area is 122 Å². The first kappa shape index (κ1) is 13.1. The zero-order chi connectivity index (χ0) is 13.9. The van der Waals surface area contributed by atoms with Crippen molar-refractivity contribution < 1.29 is 4.52 Å². The third-order valence-corrected chi connectivity index (χ3v) is 3.85. The highest BCUT2D eigenvalue weighted by Gasteiger charge is 2.14. The third kappa shape index (κ3) is 2.54. The van der Waals surface area contributed by atoms with Crippen LogP contribution in [0.5, 0.6) is 0 Å². The molecule has 20 heavy (non-hydrogen) atoms. The maximum absolute atomic E-state index is 6.12. The molecular weight excluding hydrogens is 272 g/mol. The van der Waals surface area contributed by atoms with Gasteiger partial charge in [-0.15, -0.1) is 11.6 Å². The highest BCUT2D eigenvalue weighted by atomic mass is 35.5. The summed E-state index contributed by atoms with van der Waals surface area (Å²) >= 11 is 6.12. The molecule has 0 aliphatic rings. The van der Waals surface area contributed by atoms with Crippen LogP contribution in [0.4, 0.5) is 0 Å². The molecule has 4 heteroatoms. The van der Waals surface area contributed by atoms with Gasteiger partial charge in [0.2, 0.25) is 5.89 Å². The van der Waals surface area contributed by atoms with E-state index in [2.05, 4.69) is 34.4 Å². The van der Waals surface area contributed by atoms with Gasteiger partial charge < -0.3 is 4.52 Å². The summed E-state index contributed by atoms with van der Waals surface area (Å²) in [4.78, 5) is 4.37. The number of benzene rings is 2. The summed E-state index contributed by atoms with van der Waals surface area (Å²) in [6, 6.07) is 14.5. The molecule has 102 valence electrons. The maximum Gasteiger partial charge on any atom is 0.231 e. The number of fused-ring (bicyclic) bond motifs is 1. The van der Waals surface area contributed by atoms with Gasteiger partial charge in [-0.2, -0.15) is 4.98 Å². The van der Waals surface area contributed by atoms with Gasteiger partial charge in [0, 0.05) is 0 Å². The summed E-state index contributed by atoms with van der Waals surface area (Å²) in [6.45, 7) is 2.00. The Morgan fingerprint density at radius 2 is 1.95 bits per heavy atom. The van der Waals surface area contributed by atoms with Crippen molar-refractivity contribution in [3.63, 3.8) is 0 Å². The van der Waals surface area contributed by atoms with E-state index >= 15 is 0 Å². The van der Waals surface area contributed by atoms with E-state index in [0.29, 0.717) is 18.1 Å². The molecule has 1 heterocycles. The fourth-order valence-corrected chi connectivity index (χ4v) is 2.35. The van der Waals surface area contributed by atoms with Gasteiger partial charge in [0.25, 0.3) is 0 Å². The first-order valence-corrected chi connectivity index (χ1v) is 7.14. The molecule has 0 amide bonds. The number of aromatic nitrogens is 2. The van der Waals surface area contributed by atoms with Crippen molar-refractivity contribution in [3.05, 3.63) is 59.7 Å². The summed E-state index contributed by atoms with van der Waals surface area (Å²) in [6.07, 6.45) is 1.41. The van der Waals surface area contributed by atoms with E-state index in [1.54, 1.807) is 0 Å². The van der Waals surface area contributed by atoms with Crippen LogP contribution in [0.3, 0.4) is 0 Å². The zero-order valence-corrected chi connectivity index (χ0v) is 12.0. The van der Waals surface area contributed by atoms with Crippen LogP contribution < -0.4 is 0 Å². The lowest BCUT2D eigenvalue weighted by Gasteiger charge is -2.03. The number of nitrogens with zero attached hydrogens (tertiary/aromatic N) is 2. The number of alkyl halides is 1. The lowest BCUT2D eigenvalue weighted by Crippen LogP contribution is -1.93. The van der Waals surface area contributed by atoms with Crippen molar-refractivity contribution in [2.24, 2.45) is 0 Å². The molecule has 0 saturated carbocycles. The Balaban J connectivity index is 1.91. The second-order valence-electron chi connectivity index (χ2n) is 4.74. The monoisotopic (exact) mass is 286 g/mol. The van der Waals surface area contributed by atoms with Crippen LogP contribution in [-0.4, -0.2) is 10.1 Å². The summed E-state index contributed by atoms with van der Waals surface area (Å²) in [5, 5.41) is 6.20. The van der Waals surface area contributed by atoms with Crippen molar-refractivity contribution in [1.82, 2.24) is 10.1 Å². The first-order chi connectivity index (χ1) is 9.78. The van der Waals surface area contributed by atoms with E-state index in [4.69, 9.17) is 16.1 Å². The summed E-state index contributed by atoms with van der Waals surface area (Å²) < 4.78 is 5.29. The van der Waals surface area contributed by atoms with Gasteiger partial charge in [-0.3, -0.25) is 0 Å². The van der Waals surface area contributed by atoms with Crippen molar-refractivity contribution in [3.8, 4) is 0 Å². The average molecular weight is 287 g/mol. The van der Waals surface area contributed by atoms with E-state index in [-0.39, 0.29) is 5.38 Å². The number of rotatable bonds is 4. The topological polar surface area (TPSA) is 38.9 Å². The van der Waals surface area contributed by atoms with E-state index < -0.39 is 0 Å². The normalized spacial score (nSPS) is 12.7. The molecule has 0 bridgehead atoms. The first-order valence-electron chi connectivity index (χ1n) is 6.71. The fourth-order valence-electron chi connectivity index (χ4n) is 2.26. The highest BCUT2D eigenvalue weighted by Crippen LogP contribution is 2.23. The molecule has 0 spiro atoms. The van der Waals surface area contributed by atoms with Crippen molar-refractivity contribution in [2.75, 3.05) is 0 Å². The quantitative estimate of drug-likeness (QED) is 0.663. The summed E-state index contributed by atoms with van der Waals surface area (Å²) in [5.74, 6) is 1.18. The minimum atomic E-state index is -0.181. The number of hydrogen-bond donors (Lipinski definition) is 0. The molecule has 0 N–H and O–H groups in total. The van der Waals surface area contributed by atoms with Crippen LogP contribution in [-0.2, 0) is 6.42 Å². The Bertz CT molecular complexity index is 718. The second-order valence-corrected chi connectivity index (χ2v) is 5.26. The number of hydrogen-bond acceptors (Lipinski definition) is 3. The van der Waals surface area contributed by atoms with Crippen LogP contribution in [0.15, 0.2) is 47.0 Å². The minimum absolute atomic E-state index is 0.181. The molecule has 0 fully saturated rings. The molecule has 3 aromatic rings. The van der Waals surface area contributed by atoms with Gasteiger partial charge in [0.15, 0.2) is 5.82 Å². The number of halogens is 1. The smallest absolute Gasteiger partial charge is 0.231 e. The third-order valence-electron chi connectivity index (χ3n) is 3.34. The van der Waals surface area contributed by atoms with Crippen LogP contribution >= 0.6 is 11.6 Å². The van der Waals surface area contributed by atoms with Gasteiger partial charge in [-0.25, -0.2) is 0 Å². The lowest BCUT2D eigenvalue weighted by molar-refractivity contribution is 0.379. The molecule has 1 atom stereocenters. The molecule has 3 nitrogen and oxygen atoms in total. The molecular formula is C16H15ClN2O. The van der Waals surface area contributed by atoms with Gasteiger partial charge in [0.1, 0.15) is 0 Å². The van der Waals surface area contributed by atoms with Gasteiger partial charge in [-0.1, -0.05) is 54.5 Å². The molecule has 0 aliphatic heterocycles. The van der Waals surface area contributed by atoms with E-state index in [1.165, 1.54) is 16.3 Å². The second kappa shape index (κ2) is 5.63. The molecule has 2 aromatic carbocycles. The Hall–Kier alpha value is -1.87. The molecule has 1 unspecified atom stereocenters. The van der Waals surface area contributed by atoms with Crippen molar-refractivity contribution >= 4 is 22.4 Å². The largest absolute Gasteiger partial charge is 0.339 e. The fraction of sp³-hybridized carbons (Fsp3) is 0.250. The van der Waals surface area contributed by atoms with Crippen LogP contribution in [0.1, 0.15) is 36.0 Å². The predicted octanol–water partition coefficient (Wildman–Crippen LogP) is 4.50. The Morgan fingerprint density at radius 3 is 2.80 bits per heavy atom. The van der Waals surface area contributed by atoms with Crippen LogP contribution in [0.2, 0.25) is 0 Å². The standard InChI is InChI=1S/C16H15ClN2O/c1-2-14(17)16-18-15(20-19-16)10-12-8-5-7-11-6-3-4-9-13(11)12/h3-9,14H,2,10H2,1H3. The SMILES string of the molecule is CCC(Cl)c1noc(Cc2cccc3ccccc23)n1. The molecule has 0 saturated heterocycles. The highest BCUT2D eigenvalue weighted by molar-refractivity contribution is 6.20. The molecule has 0 radical (unpaired) electrons. The minimum Gasteiger partial charge on any atom is -0.339 e. The van der Waals surface area contributed by atoms with Crippen molar-refractivity contribution in [2.45, 2.75) is 25.1 Å². The molecule has 1 aromatic heterocycles. The van der Waals surface area contributed by atoms with E-state index in [9.17, 15) is 0 Å². The Morgan fingerprint density at radius 1 is 1.15 bits per heavy atom. The van der Waals surface area contributed by atoms with E-state index in [1.807, 2.05) is 25.1 Å². The van der Waals surface area contributed by atoms with Crippen molar-refractivity contribution in [1.29, 1.82) is 0 Å². The van der Waals surface area contributed by atoms with Gasteiger partial charge >= 0.3 is 0 Å². The predicted molar refractivity (Wildman–Crippen MR) is 79.9 cm³/mol. The van der Waals surface area contributed by atoms with Crippen LogP contribution in [0, 0.1) is 0 Å². The average Bonchev–Trinajstić information content (AvgIpc) is 2.95. The summed E-state index contributed by atoms with van der Waals surface area (Å²) in [7, 11) is 0. The lowest BCUT2D eigenvalue weighted by atomic mass is 10.0. The van der Waals surface area contributed by atoms with E-state index in [0.717, 1.165) is 6.42 Å². The van der Waals surface area contributed by atoms with Gasteiger partial charge in [-0.05, 0) is 22.8 Å². The van der Waals surface area contributed by atoms with Crippen LogP contribution in [0.25, 0.3) is 10.8 Å². The zero-order valence-electron chi connectivity index (χ0n) is 11.2.